The number of nitrogens with one attached hydrogen (secondary N) is 3. The maximum atomic E-state index is 14.5. The van der Waals surface area contributed by atoms with Crippen LogP contribution in [-0.4, -0.2) is 101 Å². The molecule has 7 rings (SSSR count). The number of allylic oxidation sites excluding steroid dienone is 1. The first-order chi connectivity index (χ1) is 24.4. The van der Waals surface area contributed by atoms with Crippen molar-refractivity contribution in [2.45, 2.75) is 113 Å². The van der Waals surface area contributed by atoms with Gasteiger partial charge in [-0.3, -0.25) is 24.0 Å². The molecular weight excluding hydrogens is 700 g/mol. The molecule has 3 N–H and O–H groups in total. The van der Waals surface area contributed by atoms with Gasteiger partial charge in [-0.25, -0.2) is 17.6 Å². The molecule has 2 saturated heterocycles. The van der Waals surface area contributed by atoms with Crippen LogP contribution < -0.4 is 15.4 Å². The monoisotopic (exact) mass is 744 g/mol. The lowest BCUT2D eigenvalue weighted by atomic mass is 10.0. The summed E-state index contributed by atoms with van der Waals surface area (Å²) in [6.07, 6.45) is 8.99. The van der Waals surface area contributed by atoms with E-state index in [1.807, 2.05) is 17.1 Å². The van der Waals surface area contributed by atoms with Crippen LogP contribution in [0.25, 0.3) is 0 Å². The van der Waals surface area contributed by atoms with Crippen LogP contribution in [0.3, 0.4) is 0 Å². The van der Waals surface area contributed by atoms with Gasteiger partial charge in [-0.1, -0.05) is 37.1 Å². The Labute approximate surface area is 302 Å². The van der Waals surface area contributed by atoms with Gasteiger partial charge in [0, 0.05) is 37.5 Å². The van der Waals surface area contributed by atoms with E-state index in [0.29, 0.717) is 35.5 Å². The van der Waals surface area contributed by atoms with E-state index in [0.717, 1.165) is 51.6 Å². The Morgan fingerprint density at radius 2 is 1.80 bits per heavy atom. The number of carbonyl (C=O) groups is 4. The highest BCUT2D eigenvalue weighted by Crippen LogP contribution is 2.46. The fourth-order valence-electron chi connectivity index (χ4n) is 7.74. The van der Waals surface area contributed by atoms with E-state index in [9.17, 15) is 32.0 Å². The van der Waals surface area contributed by atoms with Crippen molar-refractivity contribution >= 4 is 51.2 Å². The molecule has 4 amide bonds. The zero-order valence-electron chi connectivity index (χ0n) is 28.5. The van der Waals surface area contributed by atoms with Gasteiger partial charge in [-0.05, 0) is 75.2 Å². The first-order valence-corrected chi connectivity index (χ1v) is 20.0. The number of benzene rings is 1. The molecule has 4 fully saturated rings. The summed E-state index contributed by atoms with van der Waals surface area (Å²) in [6, 6.07) is 2.82. The molecule has 0 spiro atoms. The van der Waals surface area contributed by atoms with Gasteiger partial charge >= 0.3 is 6.09 Å². The highest BCUT2D eigenvalue weighted by molar-refractivity contribution is 7.91. The van der Waals surface area contributed by atoms with E-state index in [1.54, 1.807) is 12.1 Å². The molecule has 5 atom stereocenters. The normalized spacial score (nSPS) is 30.3. The van der Waals surface area contributed by atoms with Crippen molar-refractivity contribution in [1.29, 1.82) is 0 Å². The standard InChI is InChI=1S/C35H45FN6O7S2/c36-27-11-8-9-22-19-41(21-26(22)27)34(46)49-24-17-29-30(43)38-35(32(45)39-51(47,48)25-13-14-25)18-23(35)10-4-2-1-3-5-12-28(31(44)42(29)20-24)37-33(50)40-15-6-7-16-40/h4,8-11,23-25,28-29H,1-3,5-7,12-21H2,(H,37,50)(H,38,43)(H,39,45)/b10-4-/t23-,24+,28-,29-,35+/m0/s1. The molecule has 0 unspecified atom stereocenters. The Hall–Kier alpha value is -3.79. The maximum Gasteiger partial charge on any atom is 0.410 e. The number of halogens is 1. The van der Waals surface area contributed by atoms with Crippen LogP contribution in [0, 0.1) is 11.7 Å². The first kappa shape index (κ1) is 35.6. The summed E-state index contributed by atoms with van der Waals surface area (Å²) in [6.45, 7) is 1.71. The summed E-state index contributed by atoms with van der Waals surface area (Å²) < 4.78 is 48.0. The number of likely N-dealkylation sites (tertiary alicyclic amines) is 1. The number of hydrogen-bond acceptors (Lipinski definition) is 8. The summed E-state index contributed by atoms with van der Waals surface area (Å²) >= 11 is 5.71. The van der Waals surface area contributed by atoms with Gasteiger partial charge in [0.25, 0.3) is 5.91 Å². The smallest absolute Gasteiger partial charge is 0.410 e. The van der Waals surface area contributed by atoms with Crippen molar-refractivity contribution in [1.82, 2.24) is 30.1 Å². The predicted molar refractivity (Wildman–Crippen MR) is 188 cm³/mol. The highest BCUT2D eigenvalue weighted by atomic mass is 32.2. The SMILES string of the molecule is O=C1N[C@]2(C(=O)NS(=O)(=O)C3CC3)C[C@@H]2/C=C\CCCCC[C@H](NC(=S)N2CCCC2)C(=O)N2C[C@H](OC(=O)N3Cc4cccc(F)c4C3)C[C@@H]12. The third kappa shape index (κ3) is 7.57. The third-order valence-corrected chi connectivity index (χ3v) is 13.2. The van der Waals surface area contributed by atoms with Gasteiger partial charge in [0.05, 0.1) is 18.3 Å². The molecule has 0 aromatic heterocycles. The quantitative estimate of drug-likeness (QED) is 0.303. The Balaban J connectivity index is 1.13. The Kier molecular flexibility index (Phi) is 10.00. The lowest BCUT2D eigenvalue weighted by Crippen LogP contribution is -2.58. The summed E-state index contributed by atoms with van der Waals surface area (Å²) in [5.74, 6) is -2.64. The van der Waals surface area contributed by atoms with Crippen molar-refractivity contribution in [2.24, 2.45) is 5.92 Å². The molecule has 0 radical (unpaired) electrons. The minimum Gasteiger partial charge on any atom is -0.444 e. The van der Waals surface area contributed by atoms with Gasteiger partial charge in [0.2, 0.25) is 21.8 Å². The first-order valence-electron chi connectivity index (χ1n) is 18.1. The van der Waals surface area contributed by atoms with Crippen molar-refractivity contribution < 1.29 is 36.7 Å². The van der Waals surface area contributed by atoms with E-state index in [2.05, 4.69) is 15.4 Å². The maximum absolute atomic E-state index is 14.5. The third-order valence-electron chi connectivity index (χ3n) is 11.0. The van der Waals surface area contributed by atoms with E-state index in [1.165, 1.54) is 15.9 Å². The molecule has 4 heterocycles. The van der Waals surface area contributed by atoms with E-state index < -0.39 is 68.6 Å². The average Bonchev–Trinajstić information content (AvgIpc) is 3.85. The van der Waals surface area contributed by atoms with Gasteiger partial charge in [-0.2, -0.15) is 0 Å². The van der Waals surface area contributed by atoms with Gasteiger partial charge < -0.3 is 25.2 Å². The number of sulfonamides is 1. The van der Waals surface area contributed by atoms with Crippen LogP contribution >= 0.6 is 12.2 Å². The minimum atomic E-state index is -3.89. The van der Waals surface area contributed by atoms with Crippen LogP contribution in [0.5, 0.6) is 0 Å². The van der Waals surface area contributed by atoms with E-state index in [-0.39, 0.29) is 38.4 Å². The number of hydrogen-bond donors (Lipinski definition) is 3. The molecule has 4 aliphatic heterocycles. The molecule has 1 aromatic carbocycles. The van der Waals surface area contributed by atoms with Crippen molar-refractivity contribution in [3.8, 4) is 0 Å². The number of ether oxygens (including phenoxy) is 1. The summed E-state index contributed by atoms with van der Waals surface area (Å²) in [4.78, 5) is 60.5. The van der Waals surface area contributed by atoms with Gasteiger partial charge in [-0.15, -0.1) is 0 Å². The van der Waals surface area contributed by atoms with Gasteiger partial charge in [0.1, 0.15) is 29.5 Å². The molecule has 16 heteroatoms. The van der Waals surface area contributed by atoms with Crippen molar-refractivity contribution in [2.75, 3.05) is 19.6 Å². The van der Waals surface area contributed by atoms with Crippen LogP contribution in [0.15, 0.2) is 30.4 Å². The fraction of sp³-hybridized carbons (Fsp3) is 0.629. The summed E-state index contributed by atoms with van der Waals surface area (Å²) in [5.41, 5.74) is -0.394. The summed E-state index contributed by atoms with van der Waals surface area (Å²) in [7, 11) is -3.89. The minimum absolute atomic E-state index is 0.0381. The second-order valence-electron chi connectivity index (χ2n) is 14.7. The number of rotatable bonds is 5. The molecule has 6 aliphatic rings. The Bertz CT molecular complexity index is 1730. The van der Waals surface area contributed by atoms with E-state index in [4.69, 9.17) is 17.0 Å². The average molecular weight is 745 g/mol. The largest absolute Gasteiger partial charge is 0.444 e. The van der Waals surface area contributed by atoms with Crippen LogP contribution in [0.1, 0.15) is 81.8 Å². The zero-order valence-corrected chi connectivity index (χ0v) is 30.1. The highest BCUT2D eigenvalue weighted by Gasteiger charge is 2.62. The molecule has 13 nitrogen and oxygen atoms in total. The van der Waals surface area contributed by atoms with E-state index >= 15 is 0 Å². The molecule has 0 bridgehead atoms. The molecule has 2 aliphatic carbocycles. The zero-order chi connectivity index (χ0) is 35.9. The fourth-order valence-corrected chi connectivity index (χ4v) is 9.42. The van der Waals surface area contributed by atoms with Crippen molar-refractivity contribution in [3.05, 3.63) is 47.3 Å². The molecule has 1 aromatic rings. The predicted octanol–water partition coefficient (Wildman–Crippen LogP) is 2.59. The molecule has 276 valence electrons. The molecular formula is C35H45FN6O7S2. The van der Waals surface area contributed by atoms with Gasteiger partial charge in [0.15, 0.2) is 5.11 Å². The summed E-state index contributed by atoms with van der Waals surface area (Å²) in [5, 5.41) is 5.97. The van der Waals surface area contributed by atoms with Crippen LogP contribution in [-0.2, 0) is 42.2 Å². The lowest BCUT2D eigenvalue weighted by molar-refractivity contribution is -0.141. The number of nitrogens with zero attached hydrogens (tertiary/aromatic N) is 3. The number of fused-ring (bicyclic) bond motifs is 3. The van der Waals surface area contributed by atoms with Crippen LogP contribution in [0.2, 0.25) is 0 Å². The van der Waals surface area contributed by atoms with Crippen molar-refractivity contribution in [3.63, 3.8) is 0 Å². The number of thiocarbonyl (C=S) groups is 1. The molecule has 2 saturated carbocycles. The molecule has 51 heavy (non-hydrogen) atoms. The second-order valence-corrected chi connectivity index (χ2v) is 17.0. The van der Waals surface area contributed by atoms with Crippen LogP contribution in [0.4, 0.5) is 9.18 Å². The lowest BCUT2D eigenvalue weighted by Gasteiger charge is -2.31. The second kappa shape index (κ2) is 14.3. The Morgan fingerprint density at radius 3 is 2.55 bits per heavy atom. The number of carbonyl (C=O) groups excluding carboxylic acids is 4. The Morgan fingerprint density at radius 1 is 1.02 bits per heavy atom. The number of amides is 4. The topological polar surface area (TPSA) is 157 Å².